The Hall–Kier alpha value is -1.13. The fourth-order valence-corrected chi connectivity index (χ4v) is 2.80. The maximum absolute atomic E-state index is 4.24. The van der Waals surface area contributed by atoms with Gasteiger partial charge in [0.05, 0.1) is 6.20 Å². The van der Waals surface area contributed by atoms with Crippen LogP contribution in [0.4, 0.5) is 0 Å². The van der Waals surface area contributed by atoms with Crippen LogP contribution < -0.4 is 5.32 Å². The van der Waals surface area contributed by atoms with E-state index in [1.165, 1.54) is 26.6 Å². The molecule has 0 fully saturated rings. The Balaban J connectivity index is 1.89. The van der Waals surface area contributed by atoms with Crippen LogP contribution in [0.25, 0.3) is 0 Å². The van der Waals surface area contributed by atoms with Gasteiger partial charge in [0.1, 0.15) is 0 Å². The summed E-state index contributed by atoms with van der Waals surface area (Å²) >= 11 is 1.88. The molecule has 0 atom stereocenters. The number of nitrogens with zero attached hydrogens (tertiary/aromatic N) is 2. The Bertz CT molecular complexity index is 491. The van der Waals surface area contributed by atoms with E-state index in [0.29, 0.717) is 0 Å². The molecule has 0 amide bonds. The van der Waals surface area contributed by atoms with Gasteiger partial charge in [-0.3, -0.25) is 4.68 Å². The third kappa shape index (κ3) is 2.76. The topological polar surface area (TPSA) is 29.9 Å². The van der Waals surface area contributed by atoms with E-state index in [9.17, 15) is 0 Å². The number of thiophene rings is 1. The predicted molar refractivity (Wildman–Crippen MR) is 72.3 cm³/mol. The highest BCUT2D eigenvalue weighted by atomic mass is 32.1. The minimum atomic E-state index is 0.885. The molecule has 1 N–H and O–H groups in total. The van der Waals surface area contributed by atoms with Crippen LogP contribution >= 0.6 is 11.3 Å². The minimum Gasteiger partial charge on any atom is -0.308 e. The van der Waals surface area contributed by atoms with E-state index in [4.69, 9.17) is 0 Å². The number of hydrogen-bond acceptors (Lipinski definition) is 3. The zero-order valence-corrected chi connectivity index (χ0v) is 11.7. The van der Waals surface area contributed by atoms with Gasteiger partial charge in [0.25, 0.3) is 0 Å². The van der Waals surface area contributed by atoms with Crippen LogP contribution in [0.1, 0.15) is 26.6 Å². The molecular formula is C13H19N3S. The molecule has 4 heteroatoms. The molecular weight excluding hydrogens is 230 g/mol. The fourth-order valence-electron chi connectivity index (χ4n) is 1.77. The second-order valence-corrected chi connectivity index (χ2v) is 5.78. The van der Waals surface area contributed by atoms with Gasteiger partial charge in [-0.2, -0.15) is 5.10 Å². The average Bonchev–Trinajstić information content (AvgIpc) is 2.76. The molecule has 0 aromatic carbocycles. The molecule has 0 radical (unpaired) electrons. The van der Waals surface area contributed by atoms with Gasteiger partial charge >= 0.3 is 0 Å². The predicted octanol–water partition coefficient (Wildman–Crippen LogP) is 2.70. The highest BCUT2D eigenvalue weighted by molar-refractivity contribution is 7.12. The van der Waals surface area contributed by atoms with E-state index in [-0.39, 0.29) is 0 Å². The minimum absolute atomic E-state index is 0.885. The lowest BCUT2D eigenvalue weighted by Crippen LogP contribution is -2.12. The summed E-state index contributed by atoms with van der Waals surface area (Å²) < 4.78 is 1.91. The molecule has 0 saturated carbocycles. The Morgan fingerprint density at radius 3 is 2.59 bits per heavy atom. The molecule has 2 rings (SSSR count). The van der Waals surface area contributed by atoms with Crippen molar-refractivity contribution >= 4 is 11.3 Å². The summed E-state index contributed by atoms with van der Waals surface area (Å²) in [4.78, 5) is 2.82. The van der Waals surface area contributed by atoms with Crippen molar-refractivity contribution in [1.29, 1.82) is 0 Å². The lowest BCUT2D eigenvalue weighted by atomic mass is 10.2. The van der Waals surface area contributed by atoms with Crippen molar-refractivity contribution in [2.24, 2.45) is 7.05 Å². The number of hydrogen-bond donors (Lipinski definition) is 1. The quantitative estimate of drug-likeness (QED) is 0.903. The smallest absolute Gasteiger partial charge is 0.0537 e. The normalized spacial score (nSPS) is 11.1. The lowest BCUT2D eigenvalue weighted by Gasteiger charge is -2.02. The molecule has 2 aromatic heterocycles. The highest BCUT2D eigenvalue weighted by Gasteiger charge is 2.04. The Kier molecular flexibility index (Phi) is 3.64. The largest absolute Gasteiger partial charge is 0.308 e. The lowest BCUT2D eigenvalue weighted by molar-refractivity contribution is 0.691. The second kappa shape index (κ2) is 5.02. The number of aryl methyl sites for hydroxylation is 3. The molecule has 0 saturated heterocycles. The van der Waals surface area contributed by atoms with Crippen LogP contribution in [0.3, 0.4) is 0 Å². The molecule has 92 valence electrons. The van der Waals surface area contributed by atoms with E-state index in [0.717, 1.165) is 13.1 Å². The summed E-state index contributed by atoms with van der Waals surface area (Å²) in [5.74, 6) is 0. The first-order valence-electron chi connectivity index (χ1n) is 5.82. The van der Waals surface area contributed by atoms with Crippen molar-refractivity contribution in [3.05, 3.63) is 38.8 Å². The van der Waals surface area contributed by atoms with E-state index in [1.54, 1.807) is 0 Å². The van der Waals surface area contributed by atoms with Gasteiger partial charge in [0.2, 0.25) is 0 Å². The van der Waals surface area contributed by atoms with E-state index in [1.807, 2.05) is 29.3 Å². The summed E-state index contributed by atoms with van der Waals surface area (Å²) in [7, 11) is 1.98. The molecule has 0 spiro atoms. The van der Waals surface area contributed by atoms with Gasteiger partial charge in [-0.25, -0.2) is 0 Å². The van der Waals surface area contributed by atoms with E-state index >= 15 is 0 Å². The standard InChI is InChI=1S/C13H19N3S/c1-9-5-13(17-11(9)3)8-14-6-12-7-15-16(4)10(12)2/h5,7,14H,6,8H2,1-4H3. The molecule has 2 aromatic rings. The van der Waals surface area contributed by atoms with Crippen molar-refractivity contribution in [3.63, 3.8) is 0 Å². The van der Waals surface area contributed by atoms with Crippen molar-refractivity contribution in [3.8, 4) is 0 Å². The first kappa shape index (κ1) is 12.3. The number of aromatic nitrogens is 2. The van der Waals surface area contributed by atoms with E-state index in [2.05, 4.69) is 37.3 Å². The van der Waals surface area contributed by atoms with Crippen LogP contribution in [0.5, 0.6) is 0 Å². The highest BCUT2D eigenvalue weighted by Crippen LogP contribution is 2.20. The van der Waals surface area contributed by atoms with Crippen molar-refractivity contribution in [1.82, 2.24) is 15.1 Å². The van der Waals surface area contributed by atoms with Crippen LogP contribution in [-0.2, 0) is 20.1 Å². The van der Waals surface area contributed by atoms with Crippen LogP contribution in [-0.4, -0.2) is 9.78 Å². The molecule has 0 unspecified atom stereocenters. The molecule has 0 aliphatic rings. The summed E-state index contributed by atoms with van der Waals surface area (Å²) in [6.07, 6.45) is 1.94. The molecule has 0 aliphatic carbocycles. The van der Waals surface area contributed by atoms with Gasteiger partial charge in [0, 0.05) is 41.1 Å². The first-order valence-corrected chi connectivity index (χ1v) is 6.63. The molecule has 3 nitrogen and oxygen atoms in total. The third-order valence-electron chi connectivity index (χ3n) is 3.17. The molecule has 17 heavy (non-hydrogen) atoms. The van der Waals surface area contributed by atoms with Gasteiger partial charge in [-0.15, -0.1) is 11.3 Å². The monoisotopic (exact) mass is 249 g/mol. The van der Waals surface area contributed by atoms with Crippen LogP contribution in [0, 0.1) is 20.8 Å². The summed E-state index contributed by atoms with van der Waals surface area (Å²) in [6.45, 7) is 8.27. The molecule has 2 heterocycles. The van der Waals surface area contributed by atoms with Crippen LogP contribution in [0.2, 0.25) is 0 Å². The zero-order chi connectivity index (χ0) is 12.4. The SMILES string of the molecule is Cc1cc(CNCc2cnn(C)c2C)sc1C. The van der Waals surface area contributed by atoms with Crippen LogP contribution in [0.15, 0.2) is 12.3 Å². The summed E-state index contributed by atoms with van der Waals surface area (Å²) in [6, 6.07) is 2.27. The average molecular weight is 249 g/mol. The van der Waals surface area contributed by atoms with Crippen molar-refractivity contribution < 1.29 is 0 Å². The second-order valence-electron chi connectivity index (χ2n) is 4.43. The Morgan fingerprint density at radius 2 is 2.06 bits per heavy atom. The van der Waals surface area contributed by atoms with Crippen molar-refractivity contribution in [2.75, 3.05) is 0 Å². The Morgan fingerprint density at radius 1 is 1.29 bits per heavy atom. The maximum Gasteiger partial charge on any atom is 0.0537 e. The van der Waals surface area contributed by atoms with E-state index < -0.39 is 0 Å². The fraction of sp³-hybridized carbons (Fsp3) is 0.462. The maximum atomic E-state index is 4.24. The first-order chi connectivity index (χ1) is 8.08. The molecule has 0 bridgehead atoms. The summed E-state index contributed by atoms with van der Waals surface area (Å²) in [5, 5.41) is 7.71. The van der Waals surface area contributed by atoms with Gasteiger partial charge in [0.15, 0.2) is 0 Å². The van der Waals surface area contributed by atoms with Gasteiger partial charge in [-0.1, -0.05) is 0 Å². The zero-order valence-electron chi connectivity index (χ0n) is 10.9. The van der Waals surface area contributed by atoms with Crippen molar-refractivity contribution in [2.45, 2.75) is 33.9 Å². The van der Waals surface area contributed by atoms with Gasteiger partial charge in [-0.05, 0) is 32.4 Å². The van der Waals surface area contributed by atoms with Gasteiger partial charge < -0.3 is 5.32 Å². The number of nitrogens with one attached hydrogen (secondary N) is 1. The molecule has 0 aliphatic heterocycles. The third-order valence-corrected chi connectivity index (χ3v) is 4.32. The number of rotatable bonds is 4. The Labute approximate surface area is 106 Å². The summed E-state index contributed by atoms with van der Waals surface area (Å²) in [5.41, 5.74) is 3.90.